The molecule has 1 fully saturated rings. The molecule has 1 N–H and O–H groups in total. The largest absolute Gasteiger partial charge is 0.463 e. The third-order valence-corrected chi connectivity index (χ3v) is 3.43. The van der Waals surface area contributed by atoms with Crippen molar-refractivity contribution < 1.29 is 18.3 Å². The highest BCUT2D eigenvalue weighted by molar-refractivity contribution is 6.31. The number of ether oxygens (including phenoxy) is 1. The van der Waals surface area contributed by atoms with Crippen molar-refractivity contribution >= 4 is 17.6 Å². The van der Waals surface area contributed by atoms with Crippen molar-refractivity contribution in [3.8, 4) is 0 Å². The van der Waals surface area contributed by atoms with Crippen LogP contribution in [0.5, 0.6) is 0 Å². The van der Waals surface area contributed by atoms with E-state index in [9.17, 15) is 13.6 Å². The van der Waals surface area contributed by atoms with Crippen LogP contribution in [0.4, 0.5) is 8.78 Å². The van der Waals surface area contributed by atoms with Crippen molar-refractivity contribution in [2.75, 3.05) is 6.61 Å². The molecule has 0 bridgehead atoms. The van der Waals surface area contributed by atoms with E-state index in [2.05, 4.69) is 5.32 Å². The van der Waals surface area contributed by atoms with Crippen molar-refractivity contribution in [2.45, 2.75) is 32.2 Å². The smallest absolute Gasteiger partial charge is 0.335 e. The van der Waals surface area contributed by atoms with Gasteiger partial charge in [0.1, 0.15) is 0 Å². The van der Waals surface area contributed by atoms with Crippen molar-refractivity contribution in [1.29, 1.82) is 0 Å². The third kappa shape index (κ3) is 4.43. The molecule has 3 nitrogen and oxygen atoms in total. The molecular weight excluding hydrogens is 300 g/mol. The predicted molar refractivity (Wildman–Crippen MR) is 75.9 cm³/mol. The molecule has 0 radical (unpaired) electrons. The van der Waals surface area contributed by atoms with Crippen LogP contribution in [-0.4, -0.2) is 18.6 Å². The van der Waals surface area contributed by atoms with Gasteiger partial charge in [-0.15, -0.1) is 0 Å². The summed E-state index contributed by atoms with van der Waals surface area (Å²) in [4.78, 5) is 11.9. The van der Waals surface area contributed by atoms with Gasteiger partial charge in [0.25, 0.3) is 0 Å². The van der Waals surface area contributed by atoms with E-state index in [1.165, 1.54) is 0 Å². The maximum Gasteiger partial charge on any atom is 0.335 e. The summed E-state index contributed by atoms with van der Waals surface area (Å²) in [7, 11) is 0. The van der Waals surface area contributed by atoms with E-state index >= 15 is 0 Å². The first-order chi connectivity index (χ1) is 10.0. The summed E-state index contributed by atoms with van der Waals surface area (Å²) in [5.74, 6) is -2.50. The number of nitrogens with one attached hydrogen (secondary N) is 1. The van der Waals surface area contributed by atoms with E-state index < -0.39 is 17.6 Å². The van der Waals surface area contributed by atoms with E-state index in [0.29, 0.717) is 17.2 Å². The monoisotopic (exact) mass is 315 g/mol. The van der Waals surface area contributed by atoms with E-state index in [1.807, 2.05) is 0 Å². The van der Waals surface area contributed by atoms with Crippen molar-refractivity contribution in [3.63, 3.8) is 0 Å². The fraction of sp³-hybridized carbons (Fsp3) is 0.400. The van der Waals surface area contributed by atoms with Gasteiger partial charge in [0.2, 0.25) is 0 Å². The van der Waals surface area contributed by atoms with Gasteiger partial charge in [0.05, 0.1) is 12.2 Å². The molecule has 0 spiro atoms. The number of carbonyl (C=O) groups is 1. The zero-order valence-electron chi connectivity index (χ0n) is 11.6. The van der Waals surface area contributed by atoms with Crippen LogP contribution >= 0.6 is 11.6 Å². The maximum absolute atomic E-state index is 13.3. The molecule has 21 heavy (non-hydrogen) atoms. The number of carbonyl (C=O) groups excluding carboxylic acids is 1. The van der Waals surface area contributed by atoms with Crippen molar-refractivity contribution in [2.24, 2.45) is 0 Å². The van der Waals surface area contributed by atoms with Gasteiger partial charge in [-0.05, 0) is 37.5 Å². The zero-order valence-corrected chi connectivity index (χ0v) is 12.3. The highest BCUT2D eigenvalue weighted by atomic mass is 35.5. The molecule has 114 valence electrons. The van der Waals surface area contributed by atoms with Gasteiger partial charge in [0.15, 0.2) is 11.6 Å². The highest BCUT2D eigenvalue weighted by Gasteiger charge is 2.21. The minimum atomic E-state index is -1.01. The SMILES string of the molecule is CCOC(=O)/C(=C/NC1CC1)Cc1cc(F)c(F)cc1Cl. The van der Waals surface area contributed by atoms with Crippen LogP contribution in [0.25, 0.3) is 0 Å². The van der Waals surface area contributed by atoms with Crippen molar-refractivity contribution in [1.82, 2.24) is 5.32 Å². The minimum Gasteiger partial charge on any atom is -0.463 e. The maximum atomic E-state index is 13.3. The first-order valence-electron chi connectivity index (χ1n) is 6.77. The van der Waals surface area contributed by atoms with Crippen LogP contribution < -0.4 is 5.32 Å². The lowest BCUT2D eigenvalue weighted by molar-refractivity contribution is -0.138. The van der Waals surface area contributed by atoms with Crippen LogP contribution in [-0.2, 0) is 16.0 Å². The Morgan fingerprint density at radius 2 is 2.10 bits per heavy atom. The number of hydrogen-bond acceptors (Lipinski definition) is 3. The third-order valence-electron chi connectivity index (χ3n) is 3.08. The van der Waals surface area contributed by atoms with E-state index in [0.717, 1.165) is 25.0 Å². The predicted octanol–water partition coefficient (Wildman–Crippen LogP) is 3.36. The molecule has 0 amide bonds. The molecule has 1 aliphatic carbocycles. The Hall–Kier alpha value is -1.62. The Kier molecular flexibility index (Phi) is 5.17. The van der Waals surface area contributed by atoms with Crippen LogP contribution in [0.15, 0.2) is 23.9 Å². The van der Waals surface area contributed by atoms with Gasteiger partial charge in [-0.1, -0.05) is 11.6 Å². The van der Waals surface area contributed by atoms with Crippen LogP contribution in [0.3, 0.4) is 0 Å². The molecule has 1 aromatic carbocycles. The Labute approximate surface area is 126 Å². The molecule has 0 heterocycles. The molecule has 0 aromatic heterocycles. The normalized spacial score (nSPS) is 15.0. The van der Waals surface area contributed by atoms with Crippen LogP contribution in [0.2, 0.25) is 5.02 Å². The molecule has 1 saturated carbocycles. The fourth-order valence-corrected chi connectivity index (χ4v) is 2.00. The van der Waals surface area contributed by atoms with E-state index in [1.54, 1.807) is 13.1 Å². The molecule has 0 atom stereocenters. The summed E-state index contributed by atoms with van der Waals surface area (Å²) >= 11 is 5.90. The average molecular weight is 316 g/mol. The molecule has 1 aliphatic rings. The minimum absolute atomic E-state index is 0.0780. The van der Waals surface area contributed by atoms with Crippen molar-refractivity contribution in [3.05, 3.63) is 46.1 Å². The zero-order chi connectivity index (χ0) is 15.4. The number of halogens is 3. The van der Waals surface area contributed by atoms with Crippen LogP contribution in [0, 0.1) is 11.6 Å². The lowest BCUT2D eigenvalue weighted by Crippen LogP contribution is -2.16. The molecule has 1 aromatic rings. The Balaban J connectivity index is 2.19. The van der Waals surface area contributed by atoms with Gasteiger partial charge in [-0.25, -0.2) is 13.6 Å². The fourth-order valence-electron chi connectivity index (χ4n) is 1.78. The van der Waals surface area contributed by atoms with E-state index in [4.69, 9.17) is 16.3 Å². The number of rotatable bonds is 6. The summed E-state index contributed by atoms with van der Waals surface area (Å²) in [5, 5.41) is 3.17. The lowest BCUT2D eigenvalue weighted by Gasteiger charge is -2.10. The van der Waals surface area contributed by atoms with E-state index in [-0.39, 0.29) is 18.1 Å². The van der Waals surface area contributed by atoms with Gasteiger partial charge in [-0.3, -0.25) is 0 Å². The summed E-state index contributed by atoms with van der Waals surface area (Å²) in [5.41, 5.74) is 0.670. The average Bonchev–Trinajstić information content (AvgIpc) is 3.24. The summed E-state index contributed by atoms with van der Waals surface area (Å²) in [6.07, 6.45) is 3.76. The summed E-state index contributed by atoms with van der Waals surface area (Å²) < 4.78 is 31.3. The lowest BCUT2D eigenvalue weighted by atomic mass is 10.1. The Morgan fingerprint density at radius 3 is 2.71 bits per heavy atom. The standard InChI is InChI=1S/C15H16ClF2NO2/c1-2-21-15(20)10(8-19-11-3-4-11)5-9-6-13(17)14(18)7-12(9)16/h6-8,11,19H,2-5H2,1H3/b10-8+. The second-order valence-corrected chi connectivity index (χ2v) is 5.27. The quantitative estimate of drug-likeness (QED) is 0.497. The topological polar surface area (TPSA) is 38.3 Å². The summed E-state index contributed by atoms with van der Waals surface area (Å²) in [6.45, 7) is 1.94. The Bertz CT molecular complexity index is 571. The van der Waals surface area contributed by atoms with Crippen LogP contribution in [0.1, 0.15) is 25.3 Å². The summed E-state index contributed by atoms with van der Waals surface area (Å²) in [6, 6.07) is 2.28. The molecule has 0 unspecified atom stereocenters. The first kappa shape index (κ1) is 15.8. The molecule has 0 aliphatic heterocycles. The molecule has 2 rings (SSSR count). The molecular formula is C15H16ClF2NO2. The second-order valence-electron chi connectivity index (χ2n) is 4.87. The molecule has 6 heteroatoms. The van der Waals surface area contributed by atoms with Gasteiger partial charge >= 0.3 is 5.97 Å². The Morgan fingerprint density at radius 1 is 1.43 bits per heavy atom. The molecule has 0 saturated heterocycles. The number of esters is 1. The highest BCUT2D eigenvalue weighted by Crippen LogP contribution is 2.24. The van der Waals surface area contributed by atoms with Gasteiger partial charge < -0.3 is 10.1 Å². The first-order valence-corrected chi connectivity index (χ1v) is 7.14. The number of hydrogen-bond donors (Lipinski definition) is 1. The second kappa shape index (κ2) is 6.89. The number of benzene rings is 1. The van der Waals surface area contributed by atoms with Gasteiger partial charge in [-0.2, -0.15) is 0 Å². The van der Waals surface area contributed by atoms with Gasteiger partial charge in [0, 0.05) is 23.7 Å².